The van der Waals surface area contributed by atoms with Gasteiger partial charge in [-0.3, -0.25) is 0 Å². The first-order valence-corrected chi connectivity index (χ1v) is 5.76. The lowest BCUT2D eigenvalue weighted by atomic mass is 9.92. The molecule has 0 aromatic heterocycles. The van der Waals surface area contributed by atoms with Crippen LogP contribution in [0, 0.1) is 5.82 Å². The van der Waals surface area contributed by atoms with Crippen LogP contribution >= 0.6 is 0 Å². The second-order valence-corrected chi connectivity index (χ2v) is 4.88. The lowest BCUT2D eigenvalue weighted by Gasteiger charge is -2.18. The molecule has 1 aliphatic carbocycles. The van der Waals surface area contributed by atoms with Crippen LogP contribution in [0.15, 0.2) is 18.2 Å². The number of halogens is 1. The molecule has 0 bridgehead atoms. The first-order chi connectivity index (χ1) is 7.59. The van der Waals surface area contributed by atoms with Gasteiger partial charge >= 0.3 is 0 Å². The van der Waals surface area contributed by atoms with Gasteiger partial charge in [-0.15, -0.1) is 0 Å². The molecular formula is C13H19FN2. The molecule has 3 heteroatoms. The molecule has 0 atom stereocenters. The maximum Gasteiger partial charge on any atom is 0.146 e. The summed E-state index contributed by atoms with van der Waals surface area (Å²) < 4.78 is 13.8. The molecule has 1 aromatic carbocycles. The predicted molar refractivity (Wildman–Crippen MR) is 65.3 cm³/mol. The van der Waals surface area contributed by atoms with Gasteiger partial charge in [0.05, 0.1) is 5.69 Å². The molecule has 0 saturated heterocycles. The minimum absolute atomic E-state index is 0.134. The van der Waals surface area contributed by atoms with Gasteiger partial charge in [0.25, 0.3) is 0 Å². The minimum atomic E-state index is -0.134. The second-order valence-electron chi connectivity index (χ2n) is 4.88. The van der Waals surface area contributed by atoms with Crippen LogP contribution in [0.25, 0.3) is 0 Å². The minimum Gasteiger partial charge on any atom is -0.375 e. The van der Waals surface area contributed by atoms with E-state index in [1.54, 1.807) is 11.0 Å². The molecule has 2 nitrogen and oxygen atoms in total. The molecule has 1 saturated carbocycles. The molecule has 0 amide bonds. The highest BCUT2D eigenvalue weighted by Gasteiger charge is 2.43. The van der Waals surface area contributed by atoms with E-state index in [0.29, 0.717) is 12.2 Å². The Bertz CT molecular complexity index is 384. The highest BCUT2D eigenvalue weighted by atomic mass is 19.1. The van der Waals surface area contributed by atoms with E-state index in [-0.39, 0.29) is 11.2 Å². The number of hydrogen-bond donors (Lipinski definition) is 1. The molecule has 0 aliphatic heterocycles. The van der Waals surface area contributed by atoms with Crippen molar-refractivity contribution in [2.24, 2.45) is 5.73 Å². The zero-order chi connectivity index (χ0) is 11.8. The maximum atomic E-state index is 13.8. The molecule has 0 unspecified atom stereocenters. The third-order valence-electron chi connectivity index (χ3n) is 3.52. The molecule has 1 aromatic rings. The quantitative estimate of drug-likeness (QED) is 0.846. The van der Waals surface area contributed by atoms with Crippen molar-refractivity contribution in [3.05, 3.63) is 29.6 Å². The van der Waals surface area contributed by atoms with E-state index in [4.69, 9.17) is 5.73 Å². The lowest BCUT2D eigenvalue weighted by molar-refractivity contribution is 0.598. The number of nitrogens with zero attached hydrogens (tertiary/aromatic N) is 1. The van der Waals surface area contributed by atoms with Gasteiger partial charge in [0.1, 0.15) is 5.82 Å². The topological polar surface area (TPSA) is 29.3 Å². The van der Waals surface area contributed by atoms with E-state index in [2.05, 4.69) is 0 Å². The highest BCUT2D eigenvalue weighted by molar-refractivity contribution is 5.49. The Labute approximate surface area is 96.2 Å². The van der Waals surface area contributed by atoms with Gasteiger partial charge in [-0.1, -0.05) is 6.07 Å². The van der Waals surface area contributed by atoms with Gasteiger partial charge in [0, 0.05) is 14.1 Å². The zero-order valence-electron chi connectivity index (χ0n) is 9.96. The van der Waals surface area contributed by atoms with Crippen molar-refractivity contribution in [2.45, 2.75) is 24.7 Å². The first-order valence-electron chi connectivity index (χ1n) is 5.76. The fourth-order valence-corrected chi connectivity index (χ4v) is 2.31. The molecule has 1 aliphatic rings. The monoisotopic (exact) mass is 222 g/mol. The smallest absolute Gasteiger partial charge is 0.146 e. The molecule has 1 fully saturated rings. The van der Waals surface area contributed by atoms with E-state index >= 15 is 0 Å². The molecule has 0 radical (unpaired) electrons. The third-order valence-corrected chi connectivity index (χ3v) is 3.52. The summed E-state index contributed by atoms with van der Waals surface area (Å²) in [5.74, 6) is -0.134. The second kappa shape index (κ2) is 4.06. The van der Waals surface area contributed by atoms with Crippen molar-refractivity contribution in [1.29, 1.82) is 0 Å². The van der Waals surface area contributed by atoms with E-state index in [9.17, 15) is 4.39 Å². The van der Waals surface area contributed by atoms with Crippen molar-refractivity contribution in [3.63, 3.8) is 0 Å². The van der Waals surface area contributed by atoms with Crippen molar-refractivity contribution in [3.8, 4) is 0 Å². The third kappa shape index (κ3) is 1.92. The zero-order valence-corrected chi connectivity index (χ0v) is 9.96. The SMILES string of the molecule is CN(C)c1ccc(C2(CCN)CC2)cc1F. The van der Waals surface area contributed by atoms with Gasteiger partial charge in [0.2, 0.25) is 0 Å². The van der Waals surface area contributed by atoms with E-state index < -0.39 is 0 Å². The number of benzene rings is 1. The Morgan fingerprint density at radius 1 is 1.38 bits per heavy atom. The first kappa shape index (κ1) is 11.4. The Hall–Kier alpha value is -1.09. The van der Waals surface area contributed by atoms with Gasteiger partial charge in [-0.2, -0.15) is 0 Å². The summed E-state index contributed by atoms with van der Waals surface area (Å²) >= 11 is 0. The van der Waals surface area contributed by atoms with Crippen molar-refractivity contribution >= 4 is 5.69 Å². The van der Waals surface area contributed by atoms with Crippen LogP contribution in [-0.2, 0) is 5.41 Å². The number of rotatable bonds is 4. The van der Waals surface area contributed by atoms with Gasteiger partial charge < -0.3 is 10.6 Å². The Morgan fingerprint density at radius 2 is 2.06 bits per heavy atom. The lowest BCUT2D eigenvalue weighted by Crippen LogP contribution is -2.15. The van der Waals surface area contributed by atoms with Gasteiger partial charge in [-0.05, 0) is 48.9 Å². The summed E-state index contributed by atoms with van der Waals surface area (Å²) in [6.45, 7) is 0.678. The van der Waals surface area contributed by atoms with Crippen LogP contribution in [0.4, 0.5) is 10.1 Å². The summed E-state index contributed by atoms with van der Waals surface area (Å²) in [6.07, 6.45) is 3.25. The molecule has 0 heterocycles. The molecule has 0 spiro atoms. The van der Waals surface area contributed by atoms with Crippen molar-refractivity contribution in [1.82, 2.24) is 0 Å². The Balaban J connectivity index is 2.28. The summed E-state index contributed by atoms with van der Waals surface area (Å²) in [4.78, 5) is 1.79. The van der Waals surface area contributed by atoms with Gasteiger partial charge in [-0.25, -0.2) is 4.39 Å². The maximum absolute atomic E-state index is 13.8. The number of anilines is 1. The molecule has 2 N–H and O–H groups in total. The van der Waals surface area contributed by atoms with Crippen LogP contribution in [0.1, 0.15) is 24.8 Å². The molecular weight excluding hydrogens is 203 g/mol. The highest BCUT2D eigenvalue weighted by Crippen LogP contribution is 2.51. The Kier molecular flexibility index (Phi) is 2.89. The van der Waals surface area contributed by atoms with Crippen LogP contribution in [-0.4, -0.2) is 20.6 Å². The fraction of sp³-hybridized carbons (Fsp3) is 0.538. The van der Waals surface area contributed by atoms with Crippen LogP contribution in [0.3, 0.4) is 0 Å². The standard InChI is InChI=1S/C13H19FN2/c1-16(2)12-4-3-10(9-11(12)14)13(5-6-13)7-8-15/h3-4,9H,5-8,15H2,1-2H3. The van der Waals surface area contributed by atoms with Gasteiger partial charge in [0.15, 0.2) is 0 Å². The van der Waals surface area contributed by atoms with E-state index in [0.717, 1.165) is 24.8 Å². The Morgan fingerprint density at radius 3 is 2.50 bits per heavy atom. The normalized spacial score (nSPS) is 17.2. The summed E-state index contributed by atoms with van der Waals surface area (Å²) in [6, 6.07) is 5.58. The summed E-state index contributed by atoms with van der Waals surface area (Å²) in [7, 11) is 3.70. The van der Waals surface area contributed by atoms with Crippen molar-refractivity contribution in [2.75, 3.05) is 25.5 Å². The average Bonchev–Trinajstić information content (AvgIpc) is 2.99. The predicted octanol–water partition coefficient (Wildman–Crippen LogP) is 2.27. The average molecular weight is 222 g/mol. The number of hydrogen-bond acceptors (Lipinski definition) is 2. The molecule has 88 valence electrons. The largest absolute Gasteiger partial charge is 0.375 e. The molecule has 16 heavy (non-hydrogen) atoms. The van der Waals surface area contributed by atoms with E-state index in [1.807, 2.05) is 26.2 Å². The van der Waals surface area contributed by atoms with Crippen LogP contribution < -0.4 is 10.6 Å². The van der Waals surface area contributed by atoms with Crippen LogP contribution in [0.5, 0.6) is 0 Å². The molecule has 2 rings (SSSR count). The van der Waals surface area contributed by atoms with E-state index in [1.165, 1.54) is 0 Å². The summed E-state index contributed by atoms with van der Waals surface area (Å²) in [5.41, 5.74) is 7.54. The number of nitrogens with two attached hydrogens (primary N) is 1. The summed E-state index contributed by atoms with van der Waals surface area (Å²) in [5, 5.41) is 0. The fourth-order valence-electron chi connectivity index (χ4n) is 2.31. The van der Waals surface area contributed by atoms with Crippen molar-refractivity contribution < 1.29 is 4.39 Å². The van der Waals surface area contributed by atoms with Crippen LogP contribution in [0.2, 0.25) is 0 Å².